The molecule has 1 fully saturated rings. The van der Waals surface area contributed by atoms with Crippen molar-refractivity contribution >= 4 is 23.4 Å². The van der Waals surface area contributed by atoms with E-state index >= 15 is 0 Å². The third-order valence-corrected chi connectivity index (χ3v) is 3.22. The fraction of sp³-hybridized carbons (Fsp3) is 0.308. The molecule has 2 aliphatic heterocycles. The molecule has 2 aliphatic rings. The summed E-state index contributed by atoms with van der Waals surface area (Å²) in [5, 5.41) is 7.94. The van der Waals surface area contributed by atoms with Gasteiger partial charge in [-0.15, -0.1) is 0 Å². The first-order valence-electron chi connectivity index (χ1n) is 6.28. The second-order valence-electron chi connectivity index (χ2n) is 4.60. The van der Waals surface area contributed by atoms with Crippen LogP contribution in [0.1, 0.15) is 20.7 Å². The van der Waals surface area contributed by atoms with Crippen LogP contribution in [0.4, 0.5) is 5.69 Å². The molecule has 20 heavy (non-hydrogen) atoms. The van der Waals surface area contributed by atoms with Gasteiger partial charge in [0.25, 0.3) is 17.7 Å². The summed E-state index contributed by atoms with van der Waals surface area (Å²) in [6.45, 7) is 1.67. The maximum Gasteiger partial charge on any atom is 0.259 e. The molecule has 0 bridgehead atoms. The minimum atomic E-state index is -0.549. The lowest BCUT2D eigenvalue weighted by molar-refractivity contribution is -0.128. The molecule has 3 rings (SSSR count). The first kappa shape index (κ1) is 12.8. The molecule has 7 nitrogen and oxygen atoms in total. The zero-order chi connectivity index (χ0) is 14.1. The van der Waals surface area contributed by atoms with Crippen molar-refractivity contribution in [2.45, 2.75) is 6.10 Å². The van der Waals surface area contributed by atoms with Gasteiger partial charge >= 0.3 is 0 Å². The van der Waals surface area contributed by atoms with Gasteiger partial charge in [0.05, 0.1) is 17.7 Å². The number of amides is 3. The third kappa shape index (κ3) is 2.28. The van der Waals surface area contributed by atoms with Gasteiger partial charge < -0.3 is 15.4 Å². The summed E-state index contributed by atoms with van der Waals surface area (Å²) in [5.41, 5.74) is 1.06. The lowest BCUT2D eigenvalue weighted by atomic mass is 10.1. The smallest absolute Gasteiger partial charge is 0.259 e. The van der Waals surface area contributed by atoms with Crippen molar-refractivity contribution in [2.24, 2.45) is 0 Å². The van der Waals surface area contributed by atoms with Gasteiger partial charge in [-0.25, -0.2) is 0 Å². The number of carbonyl (C=O) groups is 3. The first-order chi connectivity index (χ1) is 9.65. The lowest BCUT2D eigenvalue weighted by Crippen LogP contribution is -2.45. The van der Waals surface area contributed by atoms with Gasteiger partial charge in [-0.2, -0.15) is 0 Å². The van der Waals surface area contributed by atoms with E-state index in [4.69, 9.17) is 4.74 Å². The molecule has 1 aromatic carbocycles. The van der Waals surface area contributed by atoms with Gasteiger partial charge in [-0.1, -0.05) is 0 Å². The summed E-state index contributed by atoms with van der Waals surface area (Å²) in [6, 6.07) is 4.60. The molecule has 104 valence electrons. The van der Waals surface area contributed by atoms with Crippen molar-refractivity contribution in [1.82, 2.24) is 10.6 Å². The zero-order valence-electron chi connectivity index (χ0n) is 10.6. The fourth-order valence-electron chi connectivity index (χ4n) is 2.20. The largest absolute Gasteiger partial charge is 0.366 e. The number of carbonyl (C=O) groups excluding carboxylic acids is 3. The average molecular weight is 275 g/mol. The van der Waals surface area contributed by atoms with Crippen molar-refractivity contribution in [2.75, 3.05) is 25.0 Å². The predicted octanol–water partition coefficient (Wildman–Crippen LogP) is -0.503. The number of imide groups is 1. The van der Waals surface area contributed by atoms with E-state index in [9.17, 15) is 14.4 Å². The molecule has 7 heteroatoms. The average Bonchev–Trinajstić information content (AvgIpc) is 2.75. The monoisotopic (exact) mass is 275 g/mol. The summed E-state index contributed by atoms with van der Waals surface area (Å²) < 4.78 is 5.33. The number of hydrogen-bond donors (Lipinski definition) is 3. The third-order valence-electron chi connectivity index (χ3n) is 3.22. The van der Waals surface area contributed by atoms with Crippen LogP contribution < -0.4 is 16.0 Å². The van der Waals surface area contributed by atoms with Gasteiger partial charge in [0, 0.05) is 18.8 Å². The Morgan fingerprint density at radius 2 is 2.05 bits per heavy atom. The lowest BCUT2D eigenvalue weighted by Gasteiger charge is -2.22. The number of benzene rings is 1. The Labute approximate surface area is 114 Å². The number of morpholine rings is 1. The minimum absolute atomic E-state index is 0.274. The number of fused-ring (bicyclic) bond motifs is 1. The van der Waals surface area contributed by atoms with E-state index in [-0.39, 0.29) is 11.5 Å². The van der Waals surface area contributed by atoms with Crippen LogP contribution in [-0.2, 0) is 9.53 Å². The van der Waals surface area contributed by atoms with Crippen LogP contribution in [0.25, 0.3) is 0 Å². The van der Waals surface area contributed by atoms with Crippen LogP contribution in [0.3, 0.4) is 0 Å². The van der Waals surface area contributed by atoms with Crippen LogP contribution in [-0.4, -0.2) is 43.5 Å². The molecule has 0 aliphatic carbocycles. The van der Waals surface area contributed by atoms with Crippen LogP contribution in [0, 0.1) is 0 Å². The van der Waals surface area contributed by atoms with Crippen LogP contribution in [0.15, 0.2) is 18.2 Å². The van der Waals surface area contributed by atoms with Crippen molar-refractivity contribution < 1.29 is 19.1 Å². The number of nitrogens with one attached hydrogen (secondary N) is 3. The highest BCUT2D eigenvalue weighted by Gasteiger charge is 2.27. The van der Waals surface area contributed by atoms with Crippen LogP contribution in [0.5, 0.6) is 0 Å². The van der Waals surface area contributed by atoms with E-state index < -0.39 is 17.9 Å². The summed E-state index contributed by atoms with van der Waals surface area (Å²) >= 11 is 0. The molecule has 1 saturated heterocycles. The van der Waals surface area contributed by atoms with Gasteiger partial charge in [-0.05, 0) is 18.2 Å². The Morgan fingerprint density at radius 3 is 2.80 bits per heavy atom. The molecular formula is C13H13N3O4. The molecule has 1 atom stereocenters. The van der Waals surface area contributed by atoms with Crippen molar-refractivity contribution in [3.63, 3.8) is 0 Å². The molecule has 1 unspecified atom stereocenters. The number of anilines is 1. The fourth-order valence-corrected chi connectivity index (χ4v) is 2.20. The second kappa shape index (κ2) is 5.03. The summed E-state index contributed by atoms with van der Waals surface area (Å²) in [6.07, 6.45) is -0.549. The van der Waals surface area contributed by atoms with E-state index in [1.54, 1.807) is 6.07 Å². The normalized spacial score (nSPS) is 21.3. The summed E-state index contributed by atoms with van der Waals surface area (Å²) in [7, 11) is 0. The number of hydrogen-bond acceptors (Lipinski definition) is 5. The van der Waals surface area contributed by atoms with Crippen LogP contribution in [0.2, 0.25) is 0 Å². The maximum atomic E-state index is 12.0. The highest BCUT2D eigenvalue weighted by atomic mass is 16.5. The Balaban J connectivity index is 1.75. The van der Waals surface area contributed by atoms with Crippen molar-refractivity contribution in [3.8, 4) is 0 Å². The number of rotatable bonds is 2. The molecule has 1 aromatic rings. The highest BCUT2D eigenvalue weighted by molar-refractivity contribution is 6.22. The Hall–Kier alpha value is -2.25. The first-order valence-corrected chi connectivity index (χ1v) is 6.28. The van der Waals surface area contributed by atoms with E-state index in [1.807, 2.05) is 0 Å². The molecule has 3 amide bonds. The Morgan fingerprint density at radius 1 is 1.25 bits per heavy atom. The van der Waals surface area contributed by atoms with Crippen molar-refractivity contribution in [1.29, 1.82) is 0 Å². The van der Waals surface area contributed by atoms with Gasteiger partial charge in [0.2, 0.25) is 0 Å². The van der Waals surface area contributed by atoms with E-state index in [1.165, 1.54) is 12.1 Å². The molecule has 3 N–H and O–H groups in total. The SMILES string of the molecule is O=C1NC(=O)c2cc(NC(=O)C3CNCCO3)ccc21. The summed E-state index contributed by atoms with van der Waals surface area (Å²) in [5.74, 6) is -1.14. The molecule has 0 aromatic heterocycles. The van der Waals surface area contributed by atoms with Crippen molar-refractivity contribution in [3.05, 3.63) is 29.3 Å². The Kier molecular flexibility index (Phi) is 3.21. The van der Waals surface area contributed by atoms with E-state index in [0.29, 0.717) is 24.4 Å². The Bertz CT molecular complexity index is 593. The van der Waals surface area contributed by atoms with Gasteiger partial charge in [0.15, 0.2) is 0 Å². The summed E-state index contributed by atoms with van der Waals surface area (Å²) in [4.78, 5) is 34.9. The van der Waals surface area contributed by atoms with E-state index in [0.717, 1.165) is 6.54 Å². The minimum Gasteiger partial charge on any atom is -0.366 e. The van der Waals surface area contributed by atoms with Gasteiger partial charge in [-0.3, -0.25) is 19.7 Å². The highest BCUT2D eigenvalue weighted by Crippen LogP contribution is 2.20. The van der Waals surface area contributed by atoms with E-state index in [2.05, 4.69) is 16.0 Å². The molecule has 0 saturated carbocycles. The zero-order valence-corrected chi connectivity index (χ0v) is 10.6. The predicted molar refractivity (Wildman–Crippen MR) is 69.5 cm³/mol. The molecule has 0 radical (unpaired) electrons. The molecule has 2 heterocycles. The maximum absolute atomic E-state index is 12.0. The van der Waals surface area contributed by atoms with Crippen LogP contribution >= 0.6 is 0 Å². The standard InChI is InChI=1S/C13H13N3O4/c17-11-8-2-1-7(5-9(8)12(18)16-11)15-13(19)10-6-14-3-4-20-10/h1-2,5,10,14H,3-4,6H2,(H,15,19)(H,16,17,18). The molecular weight excluding hydrogens is 262 g/mol. The van der Waals surface area contributed by atoms with Gasteiger partial charge in [0.1, 0.15) is 6.10 Å². The topological polar surface area (TPSA) is 96.5 Å². The second-order valence-corrected chi connectivity index (χ2v) is 4.60. The quantitative estimate of drug-likeness (QED) is 0.632. The number of ether oxygens (including phenoxy) is 1. The molecule has 0 spiro atoms.